The molecule has 0 saturated carbocycles. The maximum atomic E-state index is 11.7. The van der Waals surface area contributed by atoms with Gasteiger partial charge in [0.2, 0.25) is 10.0 Å². The molecule has 0 aliphatic heterocycles. The van der Waals surface area contributed by atoms with Gasteiger partial charge in [0.05, 0.1) is 7.11 Å². The Kier molecular flexibility index (Phi) is 3.55. The molecule has 2 N–H and O–H groups in total. The summed E-state index contributed by atoms with van der Waals surface area (Å²) < 4.78 is 28.6. The van der Waals surface area contributed by atoms with Crippen LogP contribution in [-0.2, 0) is 10.0 Å². The molecule has 0 radical (unpaired) electrons. The molecular weight excluding hydrogens is 264 g/mol. The monoisotopic (exact) mass is 278 g/mol. The molecule has 1 aromatic heterocycles. The summed E-state index contributed by atoms with van der Waals surface area (Å²) in [6.07, 6.45) is 3.28. The molecule has 0 spiro atoms. The summed E-state index contributed by atoms with van der Waals surface area (Å²) in [6, 6.07) is 7.09. The van der Waals surface area contributed by atoms with E-state index < -0.39 is 10.0 Å². The summed E-state index contributed by atoms with van der Waals surface area (Å²) in [5, 5.41) is 5.26. The van der Waals surface area contributed by atoms with Crippen molar-refractivity contribution in [3.63, 3.8) is 0 Å². The number of aryl methyl sites for hydroxylation is 1. The molecular formula is C13H14N2O3S. The third kappa shape index (κ3) is 2.59. The molecule has 2 aromatic rings. The number of pyridine rings is 1. The molecule has 0 saturated heterocycles. The van der Waals surface area contributed by atoms with Crippen LogP contribution in [0.3, 0.4) is 0 Å². The van der Waals surface area contributed by atoms with Crippen LogP contribution in [0.1, 0.15) is 5.56 Å². The fourth-order valence-corrected chi connectivity index (χ4v) is 2.94. The van der Waals surface area contributed by atoms with Crippen molar-refractivity contribution in [1.29, 1.82) is 0 Å². The topological polar surface area (TPSA) is 82.3 Å². The van der Waals surface area contributed by atoms with Crippen molar-refractivity contribution in [2.45, 2.75) is 11.8 Å². The SMILES string of the molecule is COc1c(-c2cccnc2)ccc(C)c1S(N)(=O)=O. The maximum absolute atomic E-state index is 11.7. The van der Waals surface area contributed by atoms with E-state index in [2.05, 4.69) is 4.98 Å². The molecule has 2 rings (SSSR count). The molecule has 5 nitrogen and oxygen atoms in total. The number of nitrogens with zero attached hydrogens (tertiary/aromatic N) is 1. The molecule has 100 valence electrons. The molecule has 0 aliphatic carbocycles. The summed E-state index contributed by atoms with van der Waals surface area (Å²) in [7, 11) is -2.43. The highest BCUT2D eigenvalue weighted by atomic mass is 32.2. The van der Waals surface area contributed by atoms with Gasteiger partial charge < -0.3 is 4.74 Å². The Hall–Kier alpha value is -1.92. The number of primary sulfonamides is 1. The Morgan fingerprint density at radius 2 is 2.00 bits per heavy atom. The Morgan fingerprint density at radius 3 is 2.53 bits per heavy atom. The van der Waals surface area contributed by atoms with E-state index >= 15 is 0 Å². The highest BCUT2D eigenvalue weighted by molar-refractivity contribution is 7.89. The summed E-state index contributed by atoms with van der Waals surface area (Å²) in [5.41, 5.74) is 1.96. The molecule has 19 heavy (non-hydrogen) atoms. The van der Waals surface area contributed by atoms with Crippen LogP contribution in [0, 0.1) is 6.92 Å². The largest absolute Gasteiger partial charge is 0.495 e. The number of hydrogen-bond acceptors (Lipinski definition) is 4. The lowest BCUT2D eigenvalue weighted by Crippen LogP contribution is -2.15. The second kappa shape index (κ2) is 4.99. The van der Waals surface area contributed by atoms with Gasteiger partial charge in [-0.3, -0.25) is 4.98 Å². The predicted molar refractivity (Wildman–Crippen MR) is 72.3 cm³/mol. The first-order chi connectivity index (χ1) is 8.95. The van der Waals surface area contributed by atoms with Crippen molar-refractivity contribution in [1.82, 2.24) is 4.98 Å². The summed E-state index contributed by atoms with van der Waals surface area (Å²) in [6.45, 7) is 1.68. The van der Waals surface area contributed by atoms with E-state index in [1.54, 1.807) is 37.5 Å². The van der Waals surface area contributed by atoms with Crippen molar-refractivity contribution in [3.8, 4) is 16.9 Å². The van der Waals surface area contributed by atoms with E-state index in [4.69, 9.17) is 9.88 Å². The number of ether oxygens (including phenoxy) is 1. The van der Waals surface area contributed by atoms with Crippen molar-refractivity contribution in [2.24, 2.45) is 5.14 Å². The van der Waals surface area contributed by atoms with E-state index in [1.807, 2.05) is 6.07 Å². The molecule has 0 bridgehead atoms. The van der Waals surface area contributed by atoms with Crippen LogP contribution >= 0.6 is 0 Å². The predicted octanol–water partition coefficient (Wildman–Crippen LogP) is 1.71. The first-order valence-corrected chi connectivity index (χ1v) is 7.10. The van der Waals surface area contributed by atoms with Gasteiger partial charge in [0.15, 0.2) is 0 Å². The van der Waals surface area contributed by atoms with E-state index in [-0.39, 0.29) is 10.6 Å². The summed E-state index contributed by atoms with van der Waals surface area (Å²) in [5.74, 6) is 0.246. The Bertz CT molecular complexity index is 697. The highest BCUT2D eigenvalue weighted by Crippen LogP contribution is 2.36. The van der Waals surface area contributed by atoms with Crippen molar-refractivity contribution < 1.29 is 13.2 Å². The van der Waals surface area contributed by atoms with Crippen molar-refractivity contribution in [3.05, 3.63) is 42.2 Å². The molecule has 0 fully saturated rings. The van der Waals surface area contributed by atoms with Gasteiger partial charge >= 0.3 is 0 Å². The Labute approximate surface area is 112 Å². The Morgan fingerprint density at radius 1 is 1.26 bits per heavy atom. The minimum atomic E-state index is -3.85. The van der Waals surface area contributed by atoms with E-state index in [1.165, 1.54) is 7.11 Å². The van der Waals surface area contributed by atoms with Crippen LogP contribution in [0.2, 0.25) is 0 Å². The normalized spacial score (nSPS) is 11.3. The van der Waals surface area contributed by atoms with Gasteiger partial charge in [0.1, 0.15) is 10.6 Å². The molecule has 1 aromatic carbocycles. The summed E-state index contributed by atoms with van der Waals surface area (Å²) in [4.78, 5) is 4.03. The number of sulfonamides is 1. The van der Waals surface area contributed by atoms with Gasteiger partial charge in [-0.05, 0) is 18.6 Å². The number of aromatic nitrogens is 1. The van der Waals surface area contributed by atoms with Gasteiger partial charge in [-0.2, -0.15) is 0 Å². The average Bonchev–Trinajstić information content (AvgIpc) is 2.37. The zero-order chi connectivity index (χ0) is 14.0. The Balaban J connectivity index is 2.79. The van der Waals surface area contributed by atoms with E-state index in [9.17, 15) is 8.42 Å². The lowest BCUT2D eigenvalue weighted by Gasteiger charge is -2.14. The molecule has 0 aliphatic rings. The average molecular weight is 278 g/mol. The van der Waals surface area contributed by atoms with E-state index in [0.29, 0.717) is 11.1 Å². The number of rotatable bonds is 3. The molecule has 0 unspecified atom stereocenters. The fraction of sp³-hybridized carbons (Fsp3) is 0.154. The first kappa shape index (κ1) is 13.5. The molecule has 0 atom stereocenters. The van der Waals surface area contributed by atoms with Crippen LogP contribution < -0.4 is 9.88 Å². The lowest BCUT2D eigenvalue weighted by molar-refractivity contribution is 0.404. The van der Waals surface area contributed by atoms with Gasteiger partial charge in [0, 0.05) is 23.5 Å². The number of hydrogen-bond donors (Lipinski definition) is 1. The maximum Gasteiger partial charge on any atom is 0.242 e. The minimum Gasteiger partial charge on any atom is -0.495 e. The zero-order valence-electron chi connectivity index (χ0n) is 10.6. The third-order valence-electron chi connectivity index (χ3n) is 2.77. The molecule has 0 amide bonds. The highest BCUT2D eigenvalue weighted by Gasteiger charge is 2.21. The van der Waals surface area contributed by atoms with E-state index in [0.717, 1.165) is 5.56 Å². The van der Waals surface area contributed by atoms with Gasteiger partial charge in [-0.25, -0.2) is 13.6 Å². The third-order valence-corrected chi connectivity index (χ3v) is 3.85. The molecule has 1 heterocycles. The van der Waals surface area contributed by atoms with Crippen LogP contribution in [0.15, 0.2) is 41.6 Å². The van der Waals surface area contributed by atoms with Crippen LogP contribution in [0.5, 0.6) is 5.75 Å². The van der Waals surface area contributed by atoms with Crippen molar-refractivity contribution >= 4 is 10.0 Å². The first-order valence-electron chi connectivity index (χ1n) is 5.56. The van der Waals surface area contributed by atoms with Crippen molar-refractivity contribution in [2.75, 3.05) is 7.11 Å². The summed E-state index contributed by atoms with van der Waals surface area (Å²) >= 11 is 0. The number of nitrogens with two attached hydrogens (primary N) is 1. The fourth-order valence-electron chi connectivity index (χ4n) is 1.97. The van der Waals surface area contributed by atoms with Crippen LogP contribution in [0.4, 0.5) is 0 Å². The van der Waals surface area contributed by atoms with Gasteiger partial charge in [-0.1, -0.05) is 18.2 Å². The van der Waals surface area contributed by atoms with Crippen LogP contribution in [0.25, 0.3) is 11.1 Å². The minimum absolute atomic E-state index is 0.0105. The smallest absolute Gasteiger partial charge is 0.242 e. The zero-order valence-corrected chi connectivity index (χ0v) is 11.4. The number of methoxy groups -OCH3 is 1. The van der Waals surface area contributed by atoms with Gasteiger partial charge in [-0.15, -0.1) is 0 Å². The quantitative estimate of drug-likeness (QED) is 0.926. The lowest BCUT2D eigenvalue weighted by atomic mass is 10.0. The molecule has 6 heteroatoms. The van der Waals surface area contributed by atoms with Gasteiger partial charge in [0.25, 0.3) is 0 Å². The second-order valence-corrected chi connectivity index (χ2v) is 5.58. The number of benzene rings is 1. The van der Waals surface area contributed by atoms with Crippen LogP contribution in [-0.4, -0.2) is 20.5 Å². The second-order valence-electron chi connectivity index (χ2n) is 4.08. The standard InChI is InChI=1S/C13H14N2O3S/c1-9-5-6-11(10-4-3-7-15-8-10)12(18-2)13(9)19(14,16)17/h3-8H,1-2H3,(H2,14,16,17).